The Morgan fingerprint density at radius 3 is 2.91 bits per heavy atom. The minimum absolute atomic E-state index is 0.0259. The van der Waals surface area contributed by atoms with Gasteiger partial charge in [0.25, 0.3) is 0 Å². The highest BCUT2D eigenvalue weighted by atomic mass is 19.1. The van der Waals surface area contributed by atoms with Crippen LogP contribution in [0.3, 0.4) is 0 Å². The van der Waals surface area contributed by atoms with Gasteiger partial charge in [0.1, 0.15) is 5.82 Å². The van der Waals surface area contributed by atoms with Gasteiger partial charge in [0.15, 0.2) is 0 Å². The monoisotopic (exact) mass is 304 g/mol. The molecular weight excluding hydrogens is 283 g/mol. The Hall–Kier alpha value is -2.08. The molecule has 1 atom stereocenters. The second-order valence-corrected chi connectivity index (χ2v) is 5.99. The maximum atomic E-state index is 14.6. The van der Waals surface area contributed by atoms with E-state index >= 15 is 0 Å². The minimum Gasteiger partial charge on any atom is -0.378 e. The van der Waals surface area contributed by atoms with Crippen LogP contribution in [0, 0.1) is 19.7 Å². The van der Waals surface area contributed by atoms with E-state index in [1.54, 1.807) is 0 Å². The number of amides is 1. The highest BCUT2D eigenvalue weighted by molar-refractivity contribution is 5.99. The molecule has 1 aliphatic rings. The first-order chi connectivity index (χ1) is 10.5. The zero-order chi connectivity index (χ0) is 15.9. The maximum Gasteiger partial charge on any atom is 0.221 e. The van der Waals surface area contributed by atoms with E-state index in [4.69, 9.17) is 5.73 Å². The van der Waals surface area contributed by atoms with E-state index in [-0.39, 0.29) is 18.3 Å². The zero-order valence-electron chi connectivity index (χ0n) is 12.8. The number of aromatic nitrogens is 1. The van der Waals surface area contributed by atoms with E-state index in [1.807, 2.05) is 13.8 Å². The van der Waals surface area contributed by atoms with Gasteiger partial charge in [-0.15, -0.1) is 0 Å². The topological polar surface area (TPSA) is 82.9 Å². The number of hydrogen-bond donors (Lipinski definition) is 4. The molecule has 1 fully saturated rings. The molecule has 2 aromatic rings. The smallest absolute Gasteiger partial charge is 0.221 e. The predicted octanol–water partition coefficient (Wildman–Crippen LogP) is 1.73. The van der Waals surface area contributed by atoms with E-state index in [9.17, 15) is 9.18 Å². The molecule has 6 heteroatoms. The lowest BCUT2D eigenvalue weighted by molar-refractivity contribution is -0.117. The van der Waals surface area contributed by atoms with Crippen molar-refractivity contribution in [2.24, 2.45) is 5.73 Å². The number of carbonyl (C=O) groups is 1. The Labute approximate surface area is 128 Å². The van der Waals surface area contributed by atoms with Crippen LogP contribution in [0.5, 0.6) is 0 Å². The maximum absolute atomic E-state index is 14.6. The van der Waals surface area contributed by atoms with Gasteiger partial charge in [-0.3, -0.25) is 4.79 Å². The molecule has 118 valence electrons. The second-order valence-electron chi connectivity index (χ2n) is 5.99. The number of anilines is 1. The van der Waals surface area contributed by atoms with Gasteiger partial charge in [0, 0.05) is 23.7 Å². The summed E-state index contributed by atoms with van der Waals surface area (Å²) in [5.74, 6) is -0.802. The number of benzene rings is 1. The molecule has 1 saturated heterocycles. The second kappa shape index (κ2) is 5.61. The van der Waals surface area contributed by atoms with Crippen molar-refractivity contribution in [1.29, 1.82) is 0 Å². The van der Waals surface area contributed by atoms with Crippen LogP contribution in [0.15, 0.2) is 6.07 Å². The molecule has 0 unspecified atom stereocenters. The van der Waals surface area contributed by atoms with Crippen LogP contribution in [-0.2, 0) is 11.2 Å². The standard InChI is InChI=1S/C16H21FN4O/c1-8-9(2)20-15-10(6-13(18)22)5-12(17)16(14(8)15)21-11-3-4-19-7-11/h5,11,19-21H,3-4,6-7H2,1-2H3,(H2,18,22)/t11-/m0/s1. The van der Waals surface area contributed by atoms with Gasteiger partial charge < -0.3 is 21.4 Å². The van der Waals surface area contributed by atoms with E-state index in [1.165, 1.54) is 6.07 Å². The zero-order valence-corrected chi connectivity index (χ0v) is 12.8. The molecule has 0 spiro atoms. The molecule has 2 heterocycles. The van der Waals surface area contributed by atoms with Gasteiger partial charge in [-0.2, -0.15) is 0 Å². The van der Waals surface area contributed by atoms with E-state index in [0.29, 0.717) is 11.3 Å². The lowest BCUT2D eigenvalue weighted by Gasteiger charge is -2.16. The first kappa shape index (κ1) is 14.8. The van der Waals surface area contributed by atoms with Crippen molar-refractivity contribution >= 4 is 22.5 Å². The summed E-state index contributed by atoms with van der Waals surface area (Å²) in [7, 11) is 0. The third kappa shape index (κ3) is 2.54. The van der Waals surface area contributed by atoms with Crippen molar-refractivity contribution in [1.82, 2.24) is 10.3 Å². The minimum atomic E-state index is -0.466. The van der Waals surface area contributed by atoms with Crippen molar-refractivity contribution in [3.05, 3.63) is 28.7 Å². The number of nitrogens with one attached hydrogen (secondary N) is 3. The molecule has 5 N–H and O–H groups in total. The van der Waals surface area contributed by atoms with E-state index < -0.39 is 5.91 Å². The van der Waals surface area contributed by atoms with Gasteiger partial charge >= 0.3 is 0 Å². The summed E-state index contributed by atoms with van der Waals surface area (Å²) < 4.78 is 14.6. The lowest BCUT2D eigenvalue weighted by atomic mass is 10.0. The number of rotatable bonds is 4. The van der Waals surface area contributed by atoms with Crippen LogP contribution in [0.4, 0.5) is 10.1 Å². The van der Waals surface area contributed by atoms with Crippen LogP contribution in [0.1, 0.15) is 23.2 Å². The van der Waals surface area contributed by atoms with Gasteiger partial charge in [-0.1, -0.05) is 0 Å². The predicted molar refractivity (Wildman–Crippen MR) is 85.5 cm³/mol. The summed E-state index contributed by atoms with van der Waals surface area (Å²) in [6.07, 6.45) is 0.991. The first-order valence-electron chi connectivity index (χ1n) is 7.53. The summed E-state index contributed by atoms with van der Waals surface area (Å²) in [5.41, 5.74) is 9.16. The Morgan fingerprint density at radius 1 is 1.50 bits per heavy atom. The highest BCUT2D eigenvalue weighted by Gasteiger charge is 2.22. The van der Waals surface area contributed by atoms with Crippen LogP contribution in [-0.4, -0.2) is 30.0 Å². The summed E-state index contributed by atoms with van der Waals surface area (Å²) in [5, 5.41) is 7.40. The summed E-state index contributed by atoms with van der Waals surface area (Å²) in [6.45, 7) is 5.67. The van der Waals surface area contributed by atoms with E-state index in [0.717, 1.165) is 41.7 Å². The van der Waals surface area contributed by atoms with Crippen LogP contribution < -0.4 is 16.4 Å². The van der Waals surface area contributed by atoms with Crippen molar-refractivity contribution in [3.8, 4) is 0 Å². The van der Waals surface area contributed by atoms with Crippen molar-refractivity contribution in [2.45, 2.75) is 32.7 Å². The fraction of sp³-hybridized carbons (Fsp3) is 0.438. The first-order valence-corrected chi connectivity index (χ1v) is 7.53. The van der Waals surface area contributed by atoms with Gasteiger partial charge in [0.05, 0.1) is 17.6 Å². The lowest BCUT2D eigenvalue weighted by Crippen LogP contribution is -2.23. The normalized spacial score (nSPS) is 18.0. The fourth-order valence-corrected chi connectivity index (χ4v) is 3.14. The summed E-state index contributed by atoms with van der Waals surface area (Å²) in [4.78, 5) is 14.5. The van der Waals surface area contributed by atoms with Crippen LogP contribution >= 0.6 is 0 Å². The molecule has 0 bridgehead atoms. The van der Waals surface area contributed by atoms with Crippen molar-refractivity contribution in [3.63, 3.8) is 0 Å². The highest BCUT2D eigenvalue weighted by Crippen LogP contribution is 2.34. The van der Waals surface area contributed by atoms with Crippen LogP contribution in [0.25, 0.3) is 10.9 Å². The fourth-order valence-electron chi connectivity index (χ4n) is 3.14. The average Bonchev–Trinajstić information content (AvgIpc) is 3.04. The molecule has 0 radical (unpaired) electrons. The molecule has 1 aliphatic heterocycles. The number of halogens is 1. The average molecular weight is 304 g/mol. The van der Waals surface area contributed by atoms with Gasteiger partial charge in [-0.05, 0) is 44.0 Å². The quantitative estimate of drug-likeness (QED) is 0.694. The third-order valence-corrected chi connectivity index (χ3v) is 4.38. The SMILES string of the molecule is Cc1[nH]c2c(CC(N)=O)cc(F)c(N[C@H]3CCNC3)c2c1C. The molecule has 1 amide bonds. The molecular formula is C16H21FN4O. The number of primary amides is 1. The molecule has 5 nitrogen and oxygen atoms in total. The number of aromatic amines is 1. The number of hydrogen-bond acceptors (Lipinski definition) is 3. The van der Waals surface area contributed by atoms with Gasteiger partial charge in [0.2, 0.25) is 5.91 Å². The Morgan fingerprint density at radius 2 is 2.27 bits per heavy atom. The number of aryl methyl sites for hydroxylation is 2. The Bertz CT molecular complexity index is 732. The molecule has 3 rings (SSSR count). The van der Waals surface area contributed by atoms with Gasteiger partial charge in [-0.25, -0.2) is 4.39 Å². The molecule has 1 aromatic heterocycles. The number of nitrogens with two attached hydrogens (primary N) is 1. The molecule has 0 aliphatic carbocycles. The Kier molecular flexibility index (Phi) is 3.78. The third-order valence-electron chi connectivity index (χ3n) is 4.38. The summed E-state index contributed by atoms with van der Waals surface area (Å²) >= 11 is 0. The van der Waals surface area contributed by atoms with Crippen molar-refractivity contribution in [2.75, 3.05) is 18.4 Å². The molecule has 0 saturated carbocycles. The summed E-state index contributed by atoms with van der Waals surface area (Å²) in [6, 6.07) is 1.63. The Balaban J connectivity index is 2.14. The van der Waals surface area contributed by atoms with Crippen LogP contribution in [0.2, 0.25) is 0 Å². The molecule has 1 aromatic carbocycles. The largest absolute Gasteiger partial charge is 0.378 e. The number of carbonyl (C=O) groups excluding carboxylic acids is 1. The van der Waals surface area contributed by atoms with Crippen molar-refractivity contribution < 1.29 is 9.18 Å². The number of H-pyrrole nitrogens is 1. The van der Waals surface area contributed by atoms with E-state index in [2.05, 4.69) is 15.6 Å². The number of fused-ring (bicyclic) bond motifs is 1. The molecule has 22 heavy (non-hydrogen) atoms.